The summed E-state index contributed by atoms with van der Waals surface area (Å²) < 4.78 is 0. The first kappa shape index (κ1) is 64.1. The summed E-state index contributed by atoms with van der Waals surface area (Å²) in [5.74, 6) is -10.6. The average Bonchev–Trinajstić information content (AvgIpc) is 4.14. The van der Waals surface area contributed by atoms with Crippen LogP contribution in [0, 0.1) is 5.92 Å². The predicted molar refractivity (Wildman–Crippen MR) is 306 cm³/mol. The molecule has 1 aliphatic heterocycles. The number of carbonyl (C=O) groups excluding carboxylic acids is 8. The zero-order valence-electron chi connectivity index (χ0n) is 44.9. The van der Waals surface area contributed by atoms with Crippen molar-refractivity contribution in [2.24, 2.45) is 11.7 Å². The number of H-pyrrole nitrogens is 1. The van der Waals surface area contributed by atoms with Gasteiger partial charge in [0.25, 0.3) is 0 Å². The van der Waals surface area contributed by atoms with E-state index < -0.39 is 126 Å². The molecule has 8 amide bonds. The normalized spacial score (nSPS) is 16.0. The van der Waals surface area contributed by atoms with Crippen LogP contribution in [0.1, 0.15) is 69.1 Å². The maximum Gasteiger partial charge on any atom is 0.326 e. The van der Waals surface area contributed by atoms with Gasteiger partial charge in [-0.15, -0.1) is 0 Å². The van der Waals surface area contributed by atoms with Crippen LogP contribution >= 0.6 is 25.3 Å². The number of hydrogen-bond acceptors (Lipinski definition) is 15. The van der Waals surface area contributed by atoms with E-state index >= 15 is 0 Å². The Morgan fingerprint density at radius 1 is 0.593 bits per heavy atom. The molecule has 0 spiro atoms. The standard InChI is InChI=1S/C55H73N11O13S2/c1-30(2)46(55(78)79)66-54(77)44(29-81)65-50(73)40(24-32-17-19-34(67)20-18-32)60-48(71)38(15-8-9-21-56)59-51(74)41(25-33-27-58-36-14-7-6-13-35(33)36)62-49(72)39(23-31-11-4-3-5-12-31)61-53(76)43(28-80)64-52(75)42(26-45(68)69)63-47(70)37-16-10-22-57-37/h3-7,11-14,17-20,27,30,37-44,46,57-58,67,80-81H,8-10,15-16,21-26,28-29,56H2,1-2H3,(H,59,74)(H,60,71)(H,61,76)(H,62,72)(H,63,70)(H,64,75)(H,65,73)(H,66,77)(H,68,69)(H,78,79)/t37-,38+,39+,40+,41+,42+,43+,44+,46+/m1/s1. The number of thiol groups is 2. The van der Waals surface area contributed by atoms with Gasteiger partial charge in [-0.05, 0) is 86.0 Å². The number of nitrogens with two attached hydrogens (primary N) is 1. The van der Waals surface area contributed by atoms with Crippen LogP contribution in [0.15, 0.2) is 85.1 Å². The van der Waals surface area contributed by atoms with Crippen molar-refractivity contribution in [3.8, 4) is 5.75 Å². The minimum atomic E-state index is -1.57. The van der Waals surface area contributed by atoms with E-state index in [0.717, 1.165) is 0 Å². The van der Waals surface area contributed by atoms with Gasteiger partial charge in [-0.2, -0.15) is 25.3 Å². The second kappa shape index (κ2) is 31.9. The lowest BCUT2D eigenvalue weighted by molar-refractivity contribution is -0.143. The highest BCUT2D eigenvalue weighted by molar-refractivity contribution is 7.80. The van der Waals surface area contributed by atoms with Crippen LogP contribution in [0.2, 0.25) is 0 Å². The van der Waals surface area contributed by atoms with Crippen molar-refractivity contribution in [2.75, 3.05) is 24.6 Å². The third-order valence-electron chi connectivity index (χ3n) is 13.5. The molecule has 26 heteroatoms. The maximum absolute atomic E-state index is 14.9. The van der Waals surface area contributed by atoms with Crippen molar-refractivity contribution in [2.45, 2.75) is 126 Å². The van der Waals surface area contributed by atoms with Crippen LogP contribution in [-0.4, -0.2) is 158 Å². The highest BCUT2D eigenvalue weighted by atomic mass is 32.1. The number of aromatic hydroxyl groups is 1. The molecule has 0 radical (unpaired) electrons. The first-order valence-electron chi connectivity index (χ1n) is 26.6. The number of carboxylic acid groups (broad SMARTS) is 2. The van der Waals surface area contributed by atoms with Crippen molar-refractivity contribution < 1.29 is 63.3 Å². The average molecular weight is 1160 g/mol. The molecule has 0 saturated carbocycles. The Bertz CT molecular complexity index is 2820. The number of rotatable bonds is 32. The van der Waals surface area contributed by atoms with E-state index in [0.29, 0.717) is 59.8 Å². The summed E-state index contributed by atoms with van der Waals surface area (Å²) in [5.41, 5.74) is 8.19. The van der Waals surface area contributed by atoms with Crippen molar-refractivity contribution in [1.82, 2.24) is 52.8 Å². The molecule has 9 atom stereocenters. The van der Waals surface area contributed by atoms with Gasteiger partial charge in [0, 0.05) is 47.9 Å². The van der Waals surface area contributed by atoms with E-state index in [4.69, 9.17) is 5.73 Å². The number of amides is 8. The maximum atomic E-state index is 14.9. The van der Waals surface area contributed by atoms with E-state index in [-0.39, 0.29) is 49.5 Å². The number of carboxylic acids is 2. The molecule has 15 N–H and O–H groups in total. The highest BCUT2D eigenvalue weighted by Crippen LogP contribution is 2.20. The first-order chi connectivity index (χ1) is 38.7. The van der Waals surface area contributed by atoms with Gasteiger partial charge >= 0.3 is 11.9 Å². The summed E-state index contributed by atoms with van der Waals surface area (Å²) in [7, 11) is 0. The van der Waals surface area contributed by atoms with Crippen LogP contribution in [0.3, 0.4) is 0 Å². The van der Waals surface area contributed by atoms with E-state index in [1.54, 1.807) is 68.6 Å². The van der Waals surface area contributed by atoms with Gasteiger partial charge in [0.05, 0.1) is 12.5 Å². The molecule has 1 saturated heterocycles. The number of aromatic nitrogens is 1. The molecule has 0 unspecified atom stereocenters. The molecule has 1 aromatic heterocycles. The molecule has 2 heterocycles. The smallest absolute Gasteiger partial charge is 0.326 e. The molecule has 24 nitrogen and oxygen atoms in total. The van der Waals surface area contributed by atoms with Gasteiger partial charge < -0.3 is 73.9 Å². The lowest BCUT2D eigenvalue weighted by atomic mass is 10.0. The molecule has 438 valence electrons. The zero-order chi connectivity index (χ0) is 59.2. The molecule has 1 aliphatic rings. The van der Waals surface area contributed by atoms with Crippen LogP contribution in [0.4, 0.5) is 0 Å². The fourth-order valence-corrected chi connectivity index (χ4v) is 9.50. The number of unbranched alkanes of at least 4 members (excludes halogenated alkanes) is 1. The van der Waals surface area contributed by atoms with E-state index in [2.05, 4.69) is 78.1 Å². The van der Waals surface area contributed by atoms with Gasteiger partial charge in [-0.25, -0.2) is 4.79 Å². The van der Waals surface area contributed by atoms with Gasteiger partial charge in [-0.1, -0.05) is 74.5 Å². The predicted octanol–water partition coefficient (Wildman–Crippen LogP) is -0.264. The summed E-state index contributed by atoms with van der Waals surface area (Å²) in [4.78, 5) is 139. The molecule has 4 aromatic rings. The zero-order valence-corrected chi connectivity index (χ0v) is 46.7. The molecule has 0 aliphatic carbocycles. The summed E-state index contributed by atoms with van der Waals surface area (Å²) in [6.07, 6.45) is 2.25. The van der Waals surface area contributed by atoms with Crippen LogP contribution in [0.5, 0.6) is 5.75 Å². The number of phenolic OH excluding ortho intramolecular Hbond substituents is 1. The third kappa shape index (κ3) is 19.8. The molecule has 5 rings (SSSR count). The van der Waals surface area contributed by atoms with Crippen LogP contribution in [0.25, 0.3) is 10.9 Å². The number of nitrogens with one attached hydrogen (secondary N) is 10. The summed E-state index contributed by atoms with van der Waals surface area (Å²) in [5, 5.41) is 53.8. The number of hydrogen-bond donors (Lipinski definition) is 16. The lowest BCUT2D eigenvalue weighted by Crippen LogP contribution is -2.61. The van der Waals surface area contributed by atoms with E-state index in [1.807, 2.05) is 6.07 Å². The third-order valence-corrected chi connectivity index (χ3v) is 14.2. The number of benzene rings is 3. The van der Waals surface area contributed by atoms with Gasteiger partial charge in [0.1, 0.15) is 54.1 Å². The number of phenols is 1. The van der Waals surface area contributed by atoms with Crippen molar-refractivity contribution in [1.29, 1.82) is 0 Å². The minimum absolute atomic E-state index is 0.0124. The van der Waals surface area contributed by atoms with E-state index in [1.165, 1.54) is 24.3 Å². The largest absolute Gasteiger partial charge is 0.508 e. The number of para-hydroxylation sites is 1. The molecule has 81 heavy (non-hydrogen) atoms. The highest BCUT2D eigenvalue weighted by Gasteiger charge is 2.36. The fraction of sp³-hybridized carbons (Fsp3) is 0.455. The molecule has 3 aromatic carbocycles. The van der Waals surface area contributed by atoms with Gasteiger partial charge in [-0.3, -0.25) is 43.2 Å². The Labute approximate surface area is 479 Å². The Balaban J connectivity index is 1.44. The topological polar surface area (TPSA) is 381 Å². The Hall–Kier alpha value is -7.68. The quantitative estimate of drug-likeness (QED) is 0.0221. The second-order valence-electron chi connectivity index (χ2n) is 20.0. The Morgan fingerprint density at radius 3 is 1.62 bits per heavy atom. The number of carbonyl (C=O) groups is 10. The summed E-state index contributed by atoms with van der Waals surface area (Å²) >= 11 is 8.51. The summed E-state index contributed by atoms with van der Waals surface area (Å²) in [6.45, 7) is 3.97. The number of aromatic amines is 1. The summed E-state index contributed by atoms with van der Waals surface area (Å²) in [6, 6.07) is 9.51. The molecule has 0 bridgehead atoms. The van der Waals surface area contributed by atoms with Gasteiger partial charge in [0.2, 0.25) is 47.3 Å². The van der Waals surface area contributed by atoms with E-state index in [9.17, 15) is 63.3 Å². The minimum Gasteiger partial charge on any atom is -0.508 e. The fourth-order valence-electron chi connectivity index (χ4n) is 8.98. The Morgan fingerprint density at radius 2 is 1.09 bits per heavy atom. The number of aliphatic carboxylic acids is 2. The van der Waals surface area contributed by atoms with Crippen molar-refractivity contribution in [3.05, 3.63) is 102 Å². The SMILES string of the molecule is CC(C)[C@H](NC(=O)[C@H](CS)NC(=O)[C@H](Cc1ccc(O)cc1)NC(=O)[C@H](CCCCN)NC(=O)[C@H](Cc1c[nH]c2ccccc12)NC(=O)[C@H](Cc1ccccc1)NC(=O)[C@H](CS)NC(=O)[C@H](CC(=O)O)NC(=O)[C@H]1CCCN1)C(=O)O. The molecular formula is C55H73N11O13S2. The van der Waals surface area contributed by atoms with Crippen molar-refractivity contribution >= 4 is 95.4 Å². The van der Waals surface area contributed by atoms with Crippen LogP contribution in [-0.2, 0) is 67.2 Å². The second-order valence-corrected chi connectivity index (χ2v) is 20.7. The lowest BCUT2D eigenvalue weighted by Gasteiger charge is -2.28. The number of fused-ring (bicyclic) bond motifs is 1. The van der Waals surface area contributed by atoms with Gasteiger partial charge in [0.15, 0.2) is 0 Å². The first-order valence-corrected chi connectivity index (χ1v) is 27.9. The van der Waals surface area contributed by atoms with Crippen LogP contribution < -0.4 is 53.6 Å². The monoisotopic (exact) mass is 1160 g/mol. The molecular weight excluding hydrogens is 1090 g/mol. The Kier molecular flexibility index (Phi) is 25.3. The van der Waals surface area contributed by atoms with Crippen molar-refractivity contribution in [3.63, 3.8) is 0 Å². The molecule has 1 fully saturated rings.